The Hall–Kier alpha value is -1.36. The molecule has 0 aliphatic heterocycles. The van der Waals surface area contributed by atoms with Crippen molar-refractivity contribution < 1.29 is 19.1 Å². The van der Waals surface area contributed by atoms with Gasteiger partial charge in [0.1, 0.15) is 6.61 Å². The molecule has 1 heterocycles. The third kappa shape index (κ3) is 2.56. The second-order valence-electron chi connectivity index (χ2n) is 3.19. The van der Waals surface area contributed by atoms with Crippen molar-refractivity contribution in [2.45, 2.75) is 33.5 Å². The molecule has 0 amide bonds. The molecular weight excluding hydrogens is 186 g/mol. The van der Waals surface area contributed by atoms with Crippen LogP contribution in [0.2, 0.25) is 0 Å². The molecule has 0 spiro atoms. The van der Waals surface area contributed by atoms with E-state index in [2.05, 4.69) is 4.98 Å². The van der Waals surface area contributed by atoms with E-state index in [4.69, 9.17) is 14.3 Å². The second kappa shape index (κ2) is 4.23. The molecule has 1 aromatic heterocycles. The van der Waals surface area contributed by atoms with E-state index in [-0.39, 0.29) is 18.5 Å². The first-order chi connectivity index (χ1) is 6.50. The van der Waals surface area contributed by atoms with Crippen LogP contribution in [0.5, 0.6) is 0 Å². The highest BCUT2D eigenvalue weighted by atomic mass is 16.5. The van der Waals surface area contributed by atoms with Gasteiger partial charge >= 0.3 is 5.97 Å². The molecule has 0 saturated carbocycles. The van der Waals surface area contributed by atoms with E-state index < -0.39 is 5.97 Å². The summed E-state index contributed by atoms with van der Waals surface area (Å²) in [4.78, 5) is 14.5. The number of aromatic carboxylic acids is 1. The Morgan fingerprint density at radius 1 is 1.64 bits per heavy atom. The first kappa shape index (κ1) is 10.7. The molecular formula is C9H13NO4. The average Bonchev–Trinajstić information content (AvgIpc) is 2.43. The van der Waals surface area contributed by atoms with Crippen LogP contribution in [0.25, 0.3) is 0 Å². The fourth-order valence-electron chi connectivity index (χ4n) is 0.950. The fourth-order valence-corrected chi connectivity index (χ4v) is 0.950. The van der Waals surface area contributed by atoms with Crippen molar-refractivity contribution in [1.29, 1.82) is 0 Å². The van der Waals surface area contributed by atoms with E-state index in [9.17, 15) is 4.79 Å². The normalized spacial score (nSPS) is 10.9. The van der Waals surface area contributed by atoms with Gasteiger partial charge in [-0.2, -0.15) is 0 Å². The SMILES string of the molecule is Cc1nc(COC(C)C)oc1C(=O)O. The number of nitrogens with zero attached hydrogens (tertiary/aromatic N) is 1. The highest BCUT2D eigenvalue weighted by Crippen LogP contribution is 2.11. The van der Waals surface area contributed by atoms with Crippen LogP contribution < -0.4 is 0 Å². The largest absolute Gasteiger partial charge is 0.475 e. The Labute approximate surface area is 81.7 Å². The molecule has 1 aromatic rings. The molecule has 0 atom stereocenters. The Kier molecular flexibility index (Phi) is 3.24. The van der Waals surface area contributed by atoms with E-state index in [1.54, 1.807) is 6.92 Å². The van der Waals surface area contributed by atoms with Crippen molar-refractivity contribution in [1.82, 2.24) is 4.98 Å². The zero-order chi connectivity index (χ0) is 10.7. The number of ether oxygens (including phenoxy) is 1. The highest BCUT2D eigenvalue weighted by molar-refractivity contribution is 5.85. The topological polar surface area (TPSA) is 72.6 Å². The number of oxazole rings is 1. The molecule has 0 fully saturated rings. The minimum absolute atomic E-state index is 0.0653. The summed E-state index contributed by atoms with van der Waals surface area (Å²) in [6.07, 6.45) is 0.0653. The van der Waals surface area contributed by atoms with Crippen molar-refractivity contribution >= 4 is 5.97 Å². The first-order valence-corrected chi connectivity index (χ1v) is 4.32. The maximum Gasteiger partial charge on any atom is 0.373 e. The summed E-state index contributed by atoms with van der Waals surface area (Å²) >= 11 is 0. The van der Waals surface area contributed by atoms with Crippen LogP contribution in [-0.2, 0) is 11.3 Å². The quantitative estimate of drug-likeness (QED) is 0.797. The first-order valence-electron chi connectivity index (χ1n) is 4.32. The number of carboxylic acids is 1. The third-order valence-electron chi connectivity index (χ3n) is 1.58. The van der Waals surface area contributed by atoms with Crippen molar-refractivity contribution in [3.63, 3.8) is 0 Å². The van der Waals surface area contributed by atoms with Gasteiger partial charge in [0.05, 0.1) is 11.8 Å². The molecule has 0 aliphatic rings. The van der Waals surface area contributed by atoms with Crippen LogP contribution in [0.3, 0.4) is 0 Å². The number of hydrogen-bond acceptors (Lipinski definition) is 4. The monoisotopic (exact) mass is 199 g/mol. The van der Waals surface area contributed by atoms with Gasteiger partial charge in [0, 0.05) is 0 Å². The van der Waals surface area contributed by atoms with E-state index >= 15 is 0 Å². The second-order valence-corrected chi connectivity index (χ2v) is 3.19. The number of rotatable bonds is 4. The summed E-state index contributed by atoms with van der Waals surface area (Å²) in [6, 6.07) is 0. The van der Waals surface area contributed by atoms with Crippen LogP contribution in [0.4, 0.5) is 0 Å². The Morgan fingerprint density at radius 3 is 2.71 bits per heavy atom. The number of aryl methyl sites for hydroxylation is 1. The molecule has 5 heteroatoms. The highest BCUT2D eigenvalue weighted by Gasteiger charge is 2.15. The molecule has 1 rings (SSSR count). The lowest BCUT2D eigenvalue weighted by Crippen LogP contribution is -2.02. The van der Waals surface area contributed by atoms with Gasteiger partial charge in [0.2, 0.25) is 11.7 Å². The molecule has 5 nitrogen and oxygen atoms in total. The van der Waals surface area contributed by atoms with E-state index in [0.717, 1.165) is 0 Å². The summed E-state index contributed by atoms with van der Waals surface area (Å²) in [5.41, 5.74) is 0.375. The standard InChI is InChI=1S/C9H13NO4/c1-5(2)13-4-7-10-6(3)8(14-7)9(11)12/h5H,4H2,1-3H3,(H,11,12). The molecule has 0 radical (unpaired) electrons. The minimum Gasteiger partial charge on any atom is -0.475 e. The lowest BCUT2D eigenvalue weighted by atomic mass is 10.4. The van der Waals surface area contributed by atoms with Gasteiger partial charge in [-0.3, -0.25) is 0 Å². The van der Waals surface area contributed by atoms with Crippen LogP contribution in [0.1, 0.15) is 36.0 Å². The summed E-state index contributed by atoms with van der Waals surface area (Å²) in [7, 11) is 0. The third-order valence-corrected chi connectivity index (χ3v) is 1.58. The molecule has 0 bridgehead atoms. The Balaban J connectivity index is 2.71. The zero-order valence-electron chi connectivity index (χ0n) is 8.40. The number of carboxylic acid groups (broad SMARTS) is 1. The zero-order valence-corrected chi connectivity index (χ0v) is 8.40. The lowest BCUT2D eigenvalue weighted by Gasteiger charge is -2.02. The lowest BCUT2D eigenvalue weighted by molar-refractivity contribution is 0.0489. The molecule has 14 heavy (non-hydrogen) atoms. The predicted molar refractivity (Wildman–Crippen MR) is 48.1 cm³/mol. The van der Waals surface area contributed by atoms with Gasteiger partial charge in [0.15, 0.2) is 0 Å². The van der Waals surface area contributed by atoms with Gasteiger partial charge in [-0.15, -0.1) is 0 Å². The van der Waals surface area contributed by atoms with E-state index in [1.807, 2.05) is 13.8 Å². The van der Waals surface area contributed by atoms with Gasteiger partial charge in [-0.1, -0.05) is 0 Å². The van der Waals surface area contributed by atoms with Gasteiger partial charge in [-0.25, -0.2) is 9.78 Å². The summed E-state index contributed by atoms with van der Waals surface area (Å²) in [5, 5.41) is 8.68. The van der Waals surface area contributed by atoms with Crippen LogP contribution in [0.15, 0.2) is 4.42 Å². The van der Waals surface area contributed by atoms with Crippen LogP contribution >= 0.6 is 0 Å². The van der Waals surface area contributed by atoms with Crippen molar-refractivity contribution in [3.05, 3.63) is 17.3 Å². The molecule has 0 aromatic carbocycles. The Morgan fingerprint density at radius 2 is 2.29 bits per heavy atom. The number of aromatic nitrogens is 1. The van der Waals surface area contributed by atoms with Gasteiger partial charge in [0.25, 0.3) is 0 Å². The maximum atomic E-state index is 10.6. The number of hydrogen-bond donors (Lipinski definition) is 1. The molecule has 0 saturated heterocycles. The van der Waals surface area contributed by atoms with E-state index in [1.165, 1.54) is 0 Å². The van der Waals surface area contributed by atoms with Crippen molar-refractivity contribution in [3.8, 4) is 0 Å². The molecule has 1 N–H and O–H groups in total. The molecule has 0 unspecified atom stereocenters. The molecule has 0 aliphatic carbocycles. The fraction of sp³-hybridized carbons (Fsp3) is 0.556. The van der Waals surface area contributed by atoms with Crippen molar-refractivity contribution in [2.24, 2.45) is 0 Å². The summed E-state index contributed by atoms with van der Waals surface area (Å²) in [6.45, 7) is 5.55. The number of carbonyl (C=O) groups is 1. The summed E-state index contributed by atoms with van der Waals surface area (Å²) < 4.78 is 10.2. The van der Waals surface area contributed by atoms with E-state index in [0.29, 0.717) is 11.6 Å². The van der Waals surface area contributed by atoms with Crippen LogP contribution in [-0.4, -0.2) is 22.2 Å². The van der Waals surface area contributed by atoms with Crippen LogP contribution in [0, 0.1) is 6.92 Å². The van der Waals surface area contributed by atoms with Gasteiger partial charge in [-0.05, 0) is 20.8 Å². The smallest absolute Gasteiger partial charge is 0.373 e. The maximum absolute atomic E-state index is 10.6. The Bertz CT molecular complexity index is 330. The minimum atomic E-state index is -1.11. The molecule has 78 valence electrons. The summed E-state index contributed by atoms with van der Waals surface area (Å²) in [5.74, 6) is -0.924. The van der Waals surface area contributed by atoms with Gasteiger partial charge < -0.3 is 14.3 Å². The van der Waals surface area contributed by atoms with Crippen molar-refractivity contribution in [2.75, 3.05) is 0 Å². The predicted octanol–water partition coefficient (Wildman–Crippen LogP) is 1.61. The average molecular weight is 199 g/mol.